The fourth-order valence-corrected chi connectivity index (χ4v) is 5.11. The number of nitrogens with one attached hydrogen (secondary N) is 1. The molecule has 6 heteroatoms. The molecule has 1 unspecified atom stereocenters. The van der Waals surface area contributed by atoms with E-state index in [1.807, 2.05) is 6.07 Å². The number of nitrogens with zero attached hydrogens (tertiary/aromatic N) is 3. The van der Waals surface area contributed by atoms with Crippen LogP contribution in [-0.4, -0.2) is 21.3 Å². The summed E-state index contributed by atoms with van der Waals surface area (Å²) in [6, 6.07) is 7.00. The normalized spacial score (nSPS) is 17.2. The maximum atomic E-state index is 9.58. The monoisotopic (exact) mass is 394 g/mol. The van der Waals surface area contributed by atoms with Gasteiger partial charge in [0.05, 0.1) is 11.6 Å². The molecule has 2 N–H and O–H groups in total. The van der Waals surface area contributed by atoms with Crippen molar-refractivity contribution in [1.82, 2.24) is 9.97 Å². The van der Waals surface area contributed by atoms with E-state index in [9.17, 15) is 5.11 Å². The Hall–Kier alpha value is -2.47. The topological polar surface area (TPSA) is 70.4 Å². The summed E-state index contributed by atoms with van der Waals surface area (Å²) in [4.78, 5) is 11.5. The lowest BCUT2D eigenvalue weighted by Crippen LogP contribution is -2.28. The third-order valence-corrected chi connectivity index (χ3v) is 7.31. The van der Waals surface area contributed by atoms with E-state index in [0.29, 0.717) is 11.3 Å². The average Bonchev–Trinajstić information content (AvgIpc) is 3.06. The molecule has 2 heterocycles. The zero-order chi connectivity index (χ0) is 19.7. The molecule has 0 aliphatic heterocycles. The van der Waals surface area contributed by atoms with Gasteiger partial charge in [-0.25, -0.2) is 9.97 Å². The maximum Gasteiger partial charge on any atom is 0.158 e. The Morgan fingerprint density at radius 3 is 3.00 bits per heavy atom. The Morgan fingerprint density at radius 2 is 2.21 bits per heavy atom. The van der Waals surface area contributed by atoms with Gasteiger partial charge < -0.3 is 5.11 Å². The first-order chi connectivity index (χ1) is 13.5. The number of fused-ring (bicyclic) bond motifs is 3. The van der Waals surface area contributed by atoms with Crippen molar-refractivity contribution in [1.29, 1.82) is 0 Å². The number of phenols is 1. The van der Waals surface area contributed by atoms with Crippen LogP contribution in [0.2, 0.25) is 0 Å². The largest absolute Gasteiger partial charge is 0.508 e. The highest BCUT2D eigenvalue weighted by Crippen LogP contribution is 2.45. The number of hydrazone groups is 1. The molecule has 1 atom stereocenters. The van der Waals surface area contributed by atoms with Crippen molar-refractivity contribution in [2.24, 2.45) is 16.4 Å². The van der Waals surface area contributed by atoms with Crippen LogP contribution in [0.1, 0.15) is 49.6 Å². The highest BCUT2D eigenvalue weighted by Gasteiger charge is 2.33. The van der Waals surface area contributed by atoms with E-state index in [0.717, 1.165) is 34.4 Å². The first kappa shape index (κ1) is 18.9. The van der Waals surface area contributed by atoms with Crippen LogP contribution in [-0.2, 0) is 12.8 Å². The molecule has 1 aliphatic carbocycles. The summed E-state index contributed by atoms with van der Waals surface area (Å²) in [7, 11) is 0. The molecule has 3 aromatic rings. The molecule has 0 bridgehead atoms. The van der Waals surface area contributed by atoms with Crippen molar-refractivity contribution in [2.75, 3.05) is 5.43 Å². The lowest BCUT2D eigenvalue weighted by Gasteiger charge is -2.36. The Morgan fingerprint density at radius 1 is 1.36 bits per heavy atom. The van der Waals surface area contributed by atoms with E-state index < -0.39 is 0 Å². The third kappa shape index (κ3) is 3.61. The average molecular weight is 395 g/mol. The Labute approximate surface area is 169 Å². The van der Waals surface area contributed by atoms with Gasteiger partial charge in [-0.2, -0.15) is 5.10 Å². The number of hydrogen-bond donors (Lipinski definition) is 2. The number of thiophene rings is 1. The standard InChI is InChI=1S/C22H26N4OS/c1-4-22(2,3)15-8-9-18-17(11-15)19-20(23-13-24-21(19)28-18)26-25-12-14-6-5-7-16(27)10-14/h5-7,10,12-13,15,27H,4,8-9,11H2,1-3H3,(H,23,24,26)/b25-12-. The molecule has 146 valence electrons. The van der Waals surface area contributed by atoms with Crippen molar-refractivity contribution in [2.45, 2.75) is 46.5 Å². The lowest BCUT2D eigenvalue weighted by molar-refractivity contribution is 0.184. The summed E-state index contributed by atoms with van der Waals surface area (Å²) >= 11 is 1.79. The highest BCUT2D eigenvalue weighted by atomic mass is 32.1. The SMILES string of the molecule is CCC(C)(C)C1CCc2sc3ncnc(N/N=C\c4cccc(O)c4)c3c2C1. The van der Waals surface area contributed by atoms with Crippen LogP contribution in [0.4, 0.5) is 5.82 Å². The third-order valence-electron chi connectivity index (χ3n) is 6.11. The summed E-state index contributed by atoms with van der Waals surface area (Å²) in [5.41, 5.74) is 5.66. The Balaban J connectivity index is 1.64. The minimum atomic E-state index is 0.227. The summed E-state index contributed by atoms with van der Waals surface area (Å²) in [6.07, 6.45) is 7.92. The fraction of sp³-hybridized carbons (Fsp3) is 0.409. The molecule has 0 saturated carbocycles. The number of phenolic OH excluding ortho intramolecular Hbond substituents is 1. The second-order valence-electron chi connectivity index (χ2n) is 8.15. The summed E-state index contributed by atoms with van der Waals surface area (Å²) in [5, 5.41) is 15.0. The predicted molar refractivity (Wildman–Crippen MR) is 116 cm³/mol. The minimum Gasteiger partial charge on any atom is -0.508 e. The second kappa shape index (κ2) is 7.51. The van der Waals surface area contributed by atoms with Crippen LogP contribution in [0.25, 0.3) is 10.2 Å². The Kier molecular flexibility index (Phi) is 5.06. The van der Waals surface area contributed by atoms with Gasteiger partial charge in [-0.1, -0.05) is 39.3 Å². The molecule has 0 radical (unpaired) electrons. The molecule has 1 aliphatic rings. The van der Waals surface area contributed by atoms with Crippen LogP contribution >= 0.6 is 11.3 Å². The van der Waals surface area contributed by atoms with Crippen molar-refractivity contribution in [3.05, 3.63) is 46.6 Å². The van der Waals surface area contributed by atoms with Crippen LogP contribution in [0.5, 0.6) is 5.75 Å². The maximum absolute atomic E-state index is 9.58. The number of anilines is 1. The zero-order valence-corrected chi connectivity index (χ0v) is 17.4. The number of aromatic hydroxyl groups is 1. The van der Waals surface area contributed by atoms with Gasteiger partial charge in [0, 0.05) is 4.88 Å². The van der Waals surface area contributed by atoms with Crippen molar-refractivity contribution in [3.8, 4) is 5.75 Å². The summed E-state index contributed by atoms with van der Waals surface area (Å²) in [6.45, 7) is 7.05. The van der Waals surface area contributed by atoms with E-state index in [1.54, 1.807) is 42.1 Å². The molecule has 5 nitrogen and oxygen atoms in total. The first-order valence-corrected chi connectivity index (χ1v) is 10.6. The van der Waals surface area contributed by atoms with Gasteiger partial charge in [0.25, 0.3) is 0 Å². The van der Waals surface area contributed by atoms with Crippen LogP contribution in [0, 0.1) is 11.3 Å². The van der Waals surface area contributed by atoms with E-state index in [2.05, 4.69) is 41.3 Å². The molecular weight excluding hydrogens is 368 g/mol. The smallest absolute Gasteiger partial charge is 0.158 e. The quantitative estimate of drug-likeness (QED) is 0.450. The van der Waals surface area contributed by atoms with Gasteiger partial charge in [-0.3, -0.25) is 5.43 Å². The molecule has 0 fully saturated rings. The zero-order valence-electron chi connectivity index (χ0n) is 16.6. The minimum absolute atomic E-state index is 0.227. The lowest BCUT2D eigenvalue weighted by atomic mass is 9.69. The molecule has 0 amide bonds. The molecule has 0 spiro atoms. The second-order valence-corrected chi connectivity index (χ2v) is 9.24. The van der Waals surface area contributed by atoms with Crippen LogP contribution in [0.3, 0.4) is 0 Å². The number of aryl methyl sites for hydroxylation is 1. The number of aromatic nitrogens is 2. The number of hydrogen-bond acceptors (Lipinski definition) is 6. The molecule has 4 rings (SSSR count). The van der Waals surface area contributed by atoms with Gasteiger partial charge in [0.15, 0.2) is 5.82 Å². The highest BCUT2D eigenvalue weighted by molar-refractivity contribution is 7.19. The van der Waals surface area contributed by atoms with Crippen LogP contribution in [0.15, 0.2) is 35.7 Å². The number of benzene rings is 1. The molecule has 28 heavy (non-hydrogen) atoms. The van der Waals surface area contributed by atoms with Crippen molar-refractivity contribution >= 4 is 33.6 Å². The molecule has 2 aromatic heterocycles. The summed E-state index contributed by atoms with van der Waals surface area (Å²) in [5.74, 6) is 1.66. The predicted octanol–water partition coefficient (Wildman–Crippen LogP) is 5.38. The van der Waals surface area contributed by atoms with Gasteiger partial charge in [0.2, 0.25) is 0 Å². The number of rotatable bonds is 5. The van der Waals surface area contributed by atoms with E-state index in [4.69, 9.17) is 0 Å². The van der Waals surface area contributed by atoms with Gasteiger partial charge >= 0.3 is 0 Å². The molecule has 0 saturated heterocycles. The Bertz CT molecular complexity index is 1020. The van der Waals surface area contributed by atoms with E-state index in [1.165, 1.54) is 23.3 Å². The molecule has 1 aromatic carbocycles. The van der Waals surface area contributed by atoms with Crippen molar-refractivity contribution < 1.29 is 5.11 Å². The first-order valence-electron chi connectivity index (χ1n) is 9.81. The van der Waals surface area contributed by atoms with Crippen molar-refractivity contribution in [3.63, 3.8) is 0 Å². The van der Waals surface area contributed by atoms with E-state index in [-0.39, 0.29) is 5.75 Å². The summed E-state index contributed by atoms with van der Waals surface area (Å²) < 4.78 is 0. The van der Waals surface area contributed by atoms with Crippen LogP contribution < -0.4 is 5.43 Å². The van der Waals surface area contributed by atoms with Gasteiger partial charge in [0.1, 0.15) is 16.9 Å². The molecular formula is C22H26N4OS. The van der Waals surface area contributed by atoms with Gasteiger partial charge in [-0.15, -0.1) is 11.3 Å². The van der Waals surface area contributed by atoms with E-state index >= 15 is 0 Å². The fourth-order valence-electron chi connectivity index (χ4n) is 3.92. The van der Waals surface area contributed by atoms with Gasteiger partial charge in [-0.05, 0) is 53.9 Å².